The first-order valence-corrected chi connectivity index (χ1v) is 8.34. The van der Waals surface area contributed by atoms with E-state index in [1.165, 1.54) is 12.8 Å². The minimum Gasteiger partial charge on any atom is -0.316 e. The Balaban J connectivity index is 1.68. The van der Waals surface area contributed by atoms with Crippen molar-refractivity contribution in [1.82, 2.24) is 24.9 Å². The fourth-order valence-electron chi connectivity index (χ4n) is 3.15. The van der Waals surface area contributed by atoms with Gasteiger partial charge in [0.2, 0.25) is 0 Å². The predicted octanol–water partition coefficient (Wildman–Crippen LogP) is 2.99. The molecule has 3 aromatic heterocycles. The Kier molecular flexibility index (Phi) is 3.97. The maximum Gasteiger partial charge on any atom is 0.163 e. The summed E-state index contributed by atoms with van der Waals surface area (Å²) in [6.45, 7) is 2.15. The minimum atomic E-state index is 0.591. The van der Waals surface area contributed by atoms with E-state index in [1.54, 1.807) is 6.20 Å². The van der Waals surface area contributed by atoms with Gasteiger partial charge in [0.1, 0.15) is 0 Å². The second-order valence-electron chi connectivity index (χ2n) is 5.99. The molecule has 0 aromatic carbocycles. The van der Waals surface area contributed by atoms with Gasteiger partial charge in [-0.05, 0) is 50.4 Å². The number of hydrogen-bond acceptors (Lipinski definition) is 4. The van der Waals surface area contributed by atoms with E-state index in [2.05, 4.69) is 15.4 Å². The zero-order valence-corrected chi connectivity index (χ0v) is 13.5. The van der Waals surface area contributed by atoms with Crippen molar-refractivity contribution in [3.63, 3.8) is 0 Å². The summed E-state index contributed by atoms with van der Waals surface area (Å²) < 4.78 is 1.83. The number of piperidine rings is 1. The summed E-state index contributed by atoms with van der Waals surface area (Å²) in [4.78, 5) is 9.15. The van der Waals surface area contributed by atoms with Gasteiger partial charge in [0.05, 0.1) is 28.0 Å². The number of nitrogens with zero attached hydrogens (tertiary/aromatic N) is 4. The van der Waals surface area contributed by atoms with Crippen molar-refractivity contribution in [3.8, 4) is 11.4 Å². The average molecular weight is 328 g/mol. The van der Waals surface area contributed by atoms with E-state index in [0.717, 1.165) is 36.3 Å². The molecule has 1 fully saturated rings. The van der Waals surface area contributed by atoms with Gasteiger partial charge in [-0.25, -0.2) is 14.5 Å². The number of halogens is 1. The highest BCUT2D eigenvalue weighted by atomic mass is 35.5. The van der Waals surface area contributed by atoms with Gasteiger partial charge in [-0.2, -0.15) is 5.10 Å². The van der Waals surface area contributed by atoms with Crippen LogP contribution in [0.2, 0.25) is 5.02 Å². The van der Waals surface area contributed by atoms with E-state index in [9.17, 15) is 0 Å². The third-order valence-corrected chi connectivity index (χ3v) is 4.68. The van der Waals surface area contributed by atoms with Gasteiger partial charge >= 0.3 is 0 Å². The van der Waals surface area contributed by atoms with Crippen LogP contribution in [-0.4, -0.2) is 32.7 Å². The van der Waals surface area contributed by atoms with Crippen LogP contribution in [0.15, 0.2) is 36.8 Å². The number of fused-ring (bicyclic) bond motifs is 1. The monoisotopic (exact) mass is 327 g/mol. The molecule has 0 saturated carbocycles. The zero-order chi connectivity index (χ0) is 15.6. The molecule has 0 spiro atoms. The molecule has 0 aliphatic carbocycles. The molecule has 23 heavy (non-hydrogen) atoms. The predicted molar refractivity (Wildman–Crippen MR) is 90.5 cm³/mol. The SMILES string of the molecule is Clc1cnc(-c2cnn3ccccc23)nc1C[C@@H]1CCCNC1. The zero-order valence-electron chi connectivity index (χ0n) is 12.7. The molecular weight excluding hydrogens is 310 g/mol. The fourth-order valence-corrected chi connectivity index (χ4v) is 3.32. The quantitative estimate of drug-likeness (QED) is 0.803. The lowest BCUT2D eigenvalue weighted by atomic mass is 9.94. The minimum absolute atomic E-state index is 0.591. The van der Waals surface area contributed by atoms with Crippen molar-refractivity contribution in [1.29, 1.82) is 0 Å². The van der Waals surface area contributed by atoms with Gasteiger partial charge in [-0.1, -0.05) is 17.7 Å². The molecule has 1 aliphatic heterocycles. The Labute approximate surface area is 139 Å². The number of aromatic nitrogens is 4. The molecular formula is C17H18ClN5. The van der Waals surface area contributed by atoms with Crippen molar-refractivity contribution in [2.45, 2.75) is 19.3 Å². The molecule has 0 radical (unpaired) electrons. The van der Waals surface area contributed by atoms with Crippen molar-refractivity contribution < 1.29 is 0 Å². The third-order valence-electron chi connectivity index (χ3n) is 4.37. The number of rotatable bonds is 3. The molecule has 5 nitrogen and oxygen atoms in total. The molecule has 1 N–H and O–H groups in total. The summed E-state index contributed by atoms with van der Waals surface area (Å²) >= 11 is 6.33. The molecule has 1 atom stereocenters. The molecule has 4 rings (SSSR count). The fraction of sp³-hybridized carbons (Fsp3) is 0.353. The van der Waals surface area contributed by atoms with Crippen LogP contribution in [0.5, 0.6) is 0 Å². The van der Waals surface area contributed by atoms with Gasteiger partial charge in [-0.15, -0.1) is 0 Å². The summed E-state index contributed by atoms with van der Waals surface area (Å²) in [7, 11) is 0. The van der Waals surface area contributed by atoms with Crippen molar-refractivity contribution in [2.75, 3.05) is 13.1 Å². The molecule has 0 amide bonds. The molecule has 6 heteroatoms. The van der Waals surface area contributed by atoms with Crippen LogP contribution in [-0.2, 0) is 6.42 Å². The molecule has 4 heterocycles. The van der Waals surface area contributed by atoms with Gasteiger partial charge < -0.3 is 5.32 Å². The molecule has 0 bridgehead atoms. The molecule has 1 saturated heterocycles. The lowest BCUT2D eigenvalue weighted by Gasteiger charge is -2.22. The molecule has 0 unspecified atom stereocenters. The number of hydrogen-bond donors (Lipinski definition) is 1. The Morgan fingerprint density at radius 2 is 2.26 bits per heavy atom. The average Bonchev–Trinajstić information content (AvgIpc) is 3.02. The second-order valence-corrected chi connectivity index (χ2v) is 6.40. The van der Waals surface area contributed by atoms with Gasteiger partial charge in [-0.3, -0.25) is 0 Å². The summed E-state index contributed by atoms with van der Waals surface area (Å²) in [5.74, 6) is 1.28. The smallest absolute Gasteiger partial charge is 0.163 e. The van der Waals surface area contributed by atoms with Crippen LogP contribution >= 0.6 is 11.6 Å². The van der Waals surface area contributed by atoms with E-state index >= 15 is 0 Å². The first kappa shape index (κ1) is 14.6. The highest BCUT2D eigenvalue weighted by Crippen LogP contribution is 2.25. The second kappa shape index (κ2) is 6.26. The first-order chi connectivity index (χ1) is 11.3. The van der Waals surface area contributed by atoms with Gasteiger partial charge in [0.15, 0.2) is 5.82 Å². The molecule has 118 valence electrons. The largest absolute Gasteiger partial charge is 0.316 e. The standard InChI is InChI=1S/C17H18ClN5/c18-14-11-20-17(13-10-21-23-7-2-1-5-16(13)23)22-15(14)8-12-4-3-6-19-9-12/h1-2,5,7,10-12,19H,3-4,6,8-9H2/t12-/m0/s1. The van der Waals surface area contributed by atoms with Crippen molar-refractivity contribution >= 4 is 17.1 Å². The van der Waals surface area contributed by atoms with E-state index in [1.807, 2.05) is 35.1 Å². The van der Waals surface area contributed by atoms with Gasteiger partial charge in [0, 0.05) is 12.4 Å². The number of pyridine rings is 1. The van der Waals surface area contributed by atoms with Crippen LogP contribution in [0.4, 0.5) is 0 Å². The summed E-state index contributed by atoms with van der Waals surface area (Å²) in [5, 5.41) is 8.45. The van der Waals surface area contributed by atoms with Crippen LogP contribution in [0.1, 0.15) is 18.5 Å². The molecule has 3 aromatic rings. The normalized spacial score (nSPS) is 18.4. The van der Waals surface area contributed by atoms with E-state index in [0.29, 0.717) is 16.8 Å². The Morgan fingerprint density at radius 3 is 3.13 bits per heavy atom. The summed E-state index contributed by atoms with van der Waals surface area (Å²) in [6.07, 6.45) is 8.77. The van der Waals surface area contributed by atoms with Crippen LogP contribution in [0, 0.1) is 5.92 Å². The highest BCUT2D eigenvalue weighted by molar-refractivity contribution is 6.31. The maximum absolute atomic E-state index is 6.33. The third kappa shape index (κ3) is 2.94. The Hall–Kier alpha value is -1.98. The number of nitrogens with one attached hydrogen (secondary N) is 1. The van der Waals surface area contributed by atoms with Crippen LogP contribution in [0.3, 0.4) is 0 Å². The Morgan fingerprint density at radius 1 is 1.30 bits per heavy atom. The lowest BCUT2D eigenvalue weighted by Crippen LogP contribution is -2.31. The maximum atomic E-state index is 6.33. The van der Waals surface area contributed by atoms with E-state index in [-0.39, 0.29) is 0 Å². The highest BCUT2D eigenvalue weighted by Gasteiger charge is 2.18. The van der Waals surface area contributed by atoms with Crippen LogP contribution < -0.4 is 5.32 Å². The summed E-state index contributed by atoms with van der Waals surface area (Å²) in [5.41, 5.74) is 2.87. The molecule has 1 aliphatic rings. The lowest BCUT2D eigenvalue weighted by molar-refractivity contribution is 0.373. The Bertz CT molecular complexity index is 823. The van der Waals surface area contributed by atoms with E-state index < -0.39 is 0 Å². The topological polar surface area (TPSA) is 55.1 Å². The summed E-state index contributed by atoms with van der Waals surface area (Å²) in [6, 6.07) is 5.96. The van der Waals surface area contributed by atoms with E-state index in [4.69, 9.17) is 16.6 Å². The van der Waals surface area contributed by atoms with Crippen molar-refractivity contribution in [2.24, 2.45) is 5.92 Å². The first-order valence-electron chi connectivity index (χ1n) is 7.96. The van der Waals surface area contributed by atoms with Gasteiger partial charge in [0.25, 0.3) is 0 Å². The van der Waals surface area contributed by atoms with Crippen molar-refractivity contribution in [3.05, 3.63) is 47.5 Å². The van der Waals surface area contributed by atoms with Crippen LogP contribution in [0.25, 0.3) is 16.9 Å².